The van der Waals surface area contributed by atoms with Gasteiger partial charge >= 0.3 is 6.09 Å². The van der Waals surface area contributed by atoms with E-state index >= 15 is 0 Å². The molecule has 2 unspecified atom stereocenters. The first-order chi connectivity index (χ1) is 15.3. The number of aryl methyl sites for hydroxylation is 1. The SMILES string of the molecule is COCCOCCOC(=O)NC(C(=O)NC1CCc2ncoc2CNC(=O)C1=O)C(C)C. The molecule has 0 aliphatic carbocycles. The summed E-state index contributed by atoms with van der Waals surface area (Å²) in [7, 11) is 1.55. The van der Waals surface area contributed by atoms with Crippen molar-refractivity contribution in [2.24, 2.45) is 5.92 Å². The number of ketones is 1. The topological polar surface area (TPSA) is 158 Å². The van der Waals surface area contributed by atoms with Gasteiger partial charge in [0.15, 0.2) is 6.39 Å². The van der Waals surface area contributed by atoms with E-state index in [0.29, 0.717) is 31.1 Å². The second kappa shape index (κ2) is 12.8. The van der Waals surface area contributed by atoms with Crippen LogP contribution in [0.3, 0.4) is 0 Å². The number of ether oxygens (including phenoxy) is 3. The number of carbonyl (C=O) groups excluding carboxylic acids is 4. The van der Waals surface area contributed by atoms with Crippen LogP contribution in [0, 0.1) is 5.92 Å². The summed E-state index contributed by atoms with van der Waals surface area (Å²) in [6, 6.07) is -2.04. The summed E-state index contributed by atoms with van der Waals surface area (Å²) < 4.78 is 20.3. The molecule has 0 saturated heterocycles. The summed E-state index contributed by atoms with van der Waals surface area (Å²) in [5.74, 6) is -2.04. The fourth-order valence-electron chi connectivity index (χ4n) is 3.00. The number of carbonyl (C=O) groups is 4. The lowest BCUT2D eigenvalue weighted by molar-refractivity contribution is -0.140. The molecule has 0 fully saturated rings. The van der Waals surface area contributed by atoms with Gasteiger partial charge in [0, 0.05) is 7.11 Å². The monoisotopic (exact) mass is 454 g/mol. The maximum Gasteiger partial charge on any atom is 0.407 e. The lowest BCUT2D eigenvalue weighted by Gasteiger charge is -2.24. The number of alkyl carbamates (subject to hydrolysis) is 1. The van der Waals surface area contributed by atoms with E-state index in [-0.39, 0.29) is 32.1 Å². The molecule has 12 nitrogen and oxygen atoms in total. The third kappa shape index (κ3) is 7.61. The molecule has 12 heteroatoms. The largest absolute Gasteiger partial charge is 0.447 e. The van der Waals surface area contributed by atoms with E-state index in [1.807, 2.05) is 0 Å². The Bertz CT molecular complexity index is 794. The van der Waals surface area contributed by atoms with Crippen LogP contribution in [0.1, 0.15) is 31.7 Å². The zero-order valence-electron chi connectivity index (χ0n) is 18.5. The average Bonchev–Trinajstić information content (AvgIpc) is 3.22. The second-order valence-corrected chi connectivity index (χ2v) is 7.48. The Balaban J connectivity index is 1.93. The molecule has 3 N–H and O–H groups in total. The van der Waals surface area contributed by atoms with Crippen molar-refractivity contribution < 1.29 is 37.8 Å². The van der Waals surface area contributed by atoms with Gasteiger partial charge in [-0.25, -0.2) is 9.78 Å². The summed E-state index contributed by atoms with van der Waals surface area (Å²) in [5.41, 5.74) is 0.606. The van der Waals surface area contributed by atoms with Gasteiger partial charge in [-0.2, -0.15) is 0 Å². The first kappa shape index (κ1) is 25.3. The highest BCUT2D eigenvalue weighted by molar-refractivity contribution is 6.38. The predicted molar refractivity (Wildman–Crippen MR) is 109 cm³/mol. The summed E-state index contributed by atoms with van der Waals surface area (Å²) in [6.45, 7) is 4.50. The van der Waals surface area contributed by atoms with Gasteiger partial charge in [-0.1, -0.05) is 13.8 Å². The molecule has 178 valence electrons. The molecule has 0 bridgehead atoms. The maximum atomic E-state index is 12.8. The fraction of sp³-hybridized carbons (Fsp3) is 0.650. The average molecular weight is 454 g/mol. The number of rotatable bonds is 10. The summed E-state index contributed by atoms with van der Waals surface area (Å²) in [6.07, 6.45) is 0.967. The normalized spacial score (nSPS) is 17.4. The van der Waals surface area contributed by atoms with Crippen molar-refractivity contribution >= 4 is 23.7 Å². The van der Waals surface area contributed by atoms with Crippen molar-refractivity contribution in [3.8, 4) is 0 Å². The number of oxazole rings is 1. The number of hydrogen-bond acceptors (Lipinski definition) is 9. The minimum Gasteiger partial charge on any atom is -0.447 e. The van der Waals surface area contributed by atoms with E-state index in [0.717, 1.165) is 0 Å². The molecule has 1 aliphatic heterocycles. The lowest BCUT2D eigenvalue weighted by atomic mass is 10.0. The maximum absolute atomic E-state index is 12.8. The van der Waals surface area contributed by atoms with Gasteiger partial charge in [0.05, 0.1) is 38.1 Å². The van der Waals surface area contributed by atoms with Crippen molar-refractivity contribution in [2.75, 3.05) is 33.5 Å². The smallest absolute Gasteiger partial charge is 0.407 e. The number of fused-ring (bicyclic) bond motifs is 1. The molecule has 0 saturated carbocycles. The van der Waals surface area contributed by atoms with Crippen molar-refractivity contribution in [1.82, 2.24) is 20.9 Å². The molecule has 2 rings (SSSR count). The quantitative estimate of drug-likeness (QED) is 0.319. The molecule has 2 atom stereocenters. The zero-order chi connectivity index (χ0) is 23.5. The fourth-order valence-corrected chi connectivity index (χ4v) is 3.00. The highest BCUT2D eigenvalue weighted by Gasteiger charge is 2.33. The minimum atomic E-state index is -1.07. The lowest BCUT2D eigenvalue weighted by Crippen LogP contribution is -2.55. The summed E-state index contributed by atoms with van der Waals surface area (Å²) in [4.78, 5) is 53.7. The van der Waals surface area contributed by atoms with Crippen LogP contribution in [0.25, 0.3) is 0 Å². The Kier molecular flexibility index (Phi) is 10.1. The molecular weight excluding hydrogens is 424 g/mol. The molecule has 2 heterocycles. The van der Waals surface area contributed by atoms with E-state index in [9.17, 15) is 19.2 Å². The number of nitrogens with zero attached hydrogens (tertiary/aromatic N) is 1. The van der Waals surface area contributed by atoms with Gasteiger partial charge in [-0.15, -0.1) is 0 Å². The third-order valence-electron chi connectivity index (χ3n) is 4.78. The molecular formula is C20H30N4O8. The van der Waals surface area contributed by atoms with E-state index in [2.05, 4.69) is 20.9 Å². The molecule has 1 aromatic rings. The Morgan fingerprint density at radius 1 is 1.25 bits per heavy atom. The number of methoxy groups -OCH3 is 1. The Hall–Kier alpha value is -2.99. The van der Waals surface area contributed by atoms with E-state index in [1.165, 1.54) is 6.39 Å². The Morgan fingerprint density at radius 2 is 2.00 bits per heavy atom. The Labute approximate surface area is 185 Å². The van der Waals surface area contributed by atoms with E-state index < -0.39 is 35.8 Å². The zero-order valence-corrected chi connectivity index (χ0v) is 18.5. The van der Waals surface area contributed by atoms with Gasteiger partial charge in [0.1, 0.15) is 18.4 Å². The van der Waals surface area contributed by atoms with E-state index in [4.69, 9.17) is 18.6 Å². The highest BCUT2D eigenvalue weighted by atomic mass is 16.6. The van der Waals surface area contributed by atoms with Crippen LogP contribution in [-0.4, -0.2) is 74.3 Å². The molecule has 1 aliphatic rings. The van der Waals surface area contributed by atoms with Crippen molar-refractivity contribution in [3.05, 3.63) is 17.8 Å². The number of amides is 3. The number of Topliss-reactive ketones (excluding diaryl/α,β-unsaturated/α-hetero) is 1. The summed E-state index contributed by atoms with van der Waals surface area (Å²) in [5, 5.41) is 7.53. The van der Waals surface area contributed by atoms with Crippen molar-refractivity contribution in [3.63, 3.8) is 0 Å². The van der Waals surface area contributed by atoms with Gasteiger partial charge in [-0.3, -0.25) is 14.4 Å². The molecule has 0 spiro atoms. The Morgan fingerprint density at radius 3 is 2.72 bits per heavy atom. The van der Waals surface area contributed by atoms with Gasteiger partial charge in [-0.05, 0) is 18.8 Å². The first-order valence-electron chi connectivity index (χ1n) is 10.4. The standard InChI is InChI=1S/C20H30N4O8/c1-12(2)16(24-20(28)31-9-8-30-7-6-29-3)18(26)23-14-5-4-13-15(32-11-22-13)10-21-19(27)17(14)25/h11-12,14,16H,4-10H2,1-3H3,(H,21,27)(H,23,26)(H,24,28). The first-order valence-corrected chi connectivity index (χ1v) is 10.4. The van der Waals surface area contributed by atoms with Gasteiger partial charge in [0.2, 0.25) is 11.7 Å². The van der Waals surface area contributed by atoms with Crippen molar-refractivity contribution in [1.29, 1.82) is 0 Å². The molecule has 3 amide bonds. The van der Waals surface area contributed by atoms with Crippen LogP contribution < -0.4 is 16.0 Å². The predicted octanol–water partition coefficient (Wildman–Crippen LogP) is -0.295. The van der Waals surface area contributed by atoms with Gasteiger partial charge in [0.25, 0.3) is 5.91 Å². The molecule has 1 aromatic heterocycles. The van der Waals surface area contributed by atoms with Crippen LogP contribution in [0.15, 0.2) is 10.8 Å². The van der Waals surface area contributed by atoms with E-state index in [1.54, 1.807) is 21.0 Å². The second-order valence-electron chi connectivity index (χ2n) is 7.48. The van der Waals surface area contributed by atoms with Crippen LogP contribution in [0.4, 0.5) is 4.79 Å². The number of aromatic nitrogens is 1. The summed E-state index contributed by atoms with van der Waals surface area (Å²) >= 11 is 0. The van der Waals surface area contributed by atoms with Crippen molar-refractivity contribution in [2.45, 2.75) is 45.3 Å². The highest BCUT2D eigenvalue weighted by Crippen LogP contribution is 2.13. The van der Waals surface area contributed by atoms with Crippen LogP contribution in [0.5, 0.6) is 0 Å². The number of nitrogens with one attached hydrogen (secondary N) is 3. The molecule has 0 radical (unpaired) electrons. The number of hydrogen-bond donors (Lipinski definition) is 3. The van der Waals surface area contributed by atoms with Gasteiger partial charge < -0.3 is 34.6 Å². The van der Waals surface area contributed by atoms with Crippen LogP contribution in [-0.2, 0) is 41.6 Å². The third-order valence-corrected chi connectivity index (χ3v) is 4.78. The molecule has 32 heavy (non-hydrogen) atoms. The molecule has 0 aromatic carbocycles. The van der Waals surface area contributed by atoms with Crippen LogP contribution in [0.2, 0.25) is 0 Å². The van der Waals surface area contributed by atoms with Crippen LogP contribution >= 0.6 is 0 Å². The minimum absolute atomic E-state index is 0.00327.